The van der Waals surface area contributed by atoms with Crippen LogP contribution in [-0.2, 0) is 6.54 Å². The van der Waals surface area contributed by atoms with Gasteiger partial charge in [0.1, 0.15) is 0 Å². The Bertz CT molecular complexity index is 352. The summed E-state index contributed by atoms with van der Waals surface area (Å²) in [5.41, 5.74) is 2.39. The zero-order valence-electron chi connectivity index (χ0n) is 11.4. The van der Waals surface area contributed by atoms with Gasteiger partial charge in [-0.05, 0) is 52.1 Å². The highest BCUT2D eigenvalue weighted by Gasteiger charge is 2.22. The van der Waals surface area contributed by atoms with Gasteiger partial charge in [0, 0.05) is 18.3 Å². The van der Waals surface area contributed by atoms with Gasteiger partial charge in [-0.25, -0.2) is 0 Å². The van der Waals surface area contributed by atoms with Crippen molar-refractivity contribution in [2.45, 2.75) is 59.0 Å². The first-order valence-corrected chi connectivity index (χ1v) is 6.89. The molecule has 0 bridgehead atoms. The second kappa shape index (κ2) is 5.67. The number of aromatic nitrogens is 2. The van der Waals surface area contributed by atoms with Gasteiger partial charge in [-0.2, -0.15) is 5.10 Å². The molecule has 0 radical (unpaired) electrons. The van der Waals surface area contributed by atoms with Crippen LogP contribution < -0.4 is 5.32 Å². The molecule has 1 aliphatic carbocycles. The van der Waals surface area contributed by atoms with E-state index in [-0.39, 0.29) is 0 Å². The molecule has 96 valence electrons. The zero-order chi connectivity index (χ0) is 12.3. The summed E-state index contributed by atoms with van der Waals surface area (Å²) in [6.45, 7) is 8.62. The average molecular weight is 235 g/mol. The van der Waals surface area contributed by atoms with E-state index in [0.29, 0.717) is 6.04 Å². The predicted octanol–water partition coefficient (Wildman–Crippen LogP) is 2.67. The number of hydrogen-bond donors (Lipinski definition) is 1. The van der Waals surface area contributed by atoms with Crippen molar-refractivity contribution >= 4 is 0 Å². The minimum absolute atomic E-state index is 0.683. The van der Waals surface area contributed by atoms with Crippen LogP contribution in [0.25, 0.3) is 0 Å². The Morgan fingerprint density at radius 2 is 2.24 bits per heavy atom. The third kappa shape index (κ3) is 4.15. The molecule has 1 fully saturated rings. The summed E-state index contributed by atoms with van der Waals surface area (Å²) >= 11 is 0. The van der Waals surface area contributed by atoms with E-state index >= 15 is 0 Å². The maximum absolute atomic E-state index is 4.47. The van der Waals surface area contributed by atoms with E-state index in [9.17, 15) is 0 Å². The Balaban J connectivity index is 1.60. The molecule has 2 rings (SSSR count). The van der Waals surface area contributed by atoms with Crippen LogP contribution in [0.4, 0.5) is 0 Å². The maximum Gasteiger partial charge on any atom is 0.0596 e. The molecule has 0 spiro atoms. The normalized spacial score (nSPS) is 17.4. The quantitative estimate of drug-likeness (QED) is 0.736. The molecule has 1 unspecified atom stereocenters. The molecule has 1 atom stereocenters. The Labute approximate surface area is 105 Å². The predicted molar refractivity (Wildman–Crippen MR) is 71.1 cm³/mol. The molecule has 1 saturated carbocycles. The van der Waals surface area contributed by atoms with Crippen molar-refractivity contribution in [3.8, 4) is 0 Å². The topological polar surface area (TPSA) is 29.9 Å². The van der Waals surface area contributed by atoms with Crippen LogP contribution in [-0.4, -0.2) is 22.4 Å². The Kier molecular flexibility index (Phi) is 4.21. The van der Waals surface area contributed by atoms with E-state index in [1.54, 1.807) is 0 Å². The van der Waals surface area contributed by atoms with Crippen molar-refractivity contribution in [1.29, 1.82) is 0 Å². The van der Waals surface area contributed by atoms with Crippen molar-refractivity contribution in [2.75, 3.05) is 6.54 Å². The fraction of sp³-hybridized carbons (Fsp3) is 0.786. The maximum atomic E-state index is 4.47. The second-order valence-corrected chi connectivity index (χ2v) is 5.54. The minimum atomic E-state index is 0.683. The first-order valence-electron chi connectivity index (χ1n) is 6.89. The van der Waals surface area contributed by atoms with Crippen LogP contribution in [0.2, 0.25) is 0 Å². The first kappa shape index (κ1) is 12.6. The number of rotatable bonds is 7. The van der Waals surface area contributed by atoms with Crippen LogP contribution in [0, 0.1) is 19.8 Å². The van der Waals surface area contributed by atoms with Gasteiger partial charge in [0.2, 0.25) is 0 Å². The molecule has 0 amide bonds. The molecule has 0 aromatic carbocycles. The van der Waals surface area contributed by atoms with E-state index in [4.69, 9.17) is 0 Å². The standard InChI is InChI=1S/C14H25N3/c1-11(10-14-5-6-14)15-7-4-8-17-13(3)9-12(2)16-17/h9,11,14-15H,4-8,10H2,1-3H3. The summed E-state index contributed by atoms with van der Waals surface area (Å²) < 4.78 is 2.11. The van der Waals surface area contributed by atoms with Crippen LogP contribution in [0.3, 0.4) is 0 Å². The van der Waals surface area contributed by atoms with Gasteiger partial charge >= 0.3 is 0 Å². The molecule has 0 aliphatic heterocycles. The molecule has 1 aromatic heterocycles. The van der Waals surface area contributed by atoms with Gasteiger partial charge in [0.15, 0.2) is 0 Å². The molecule has 0 saturated heterocycles. The summed E-state index contributed by atoms with van der Waals surface area (Å²) in [4.78, 5) is 0. The average Bonchev–Trinajstić information content (AvgIpc) is 3.00. The van der Waals surface area contributed by atoms with E-state index < -0.39 is 0 Å². The molecular formula is C14H25N3. The molecule has 1 aliphatic rings. The summed E-state index contributed by atoms with van der Waals surface area (Å²) in [7, 11) is 0. The Morgan fingerprint density at radius 3 is 2.82 bits per heavy atom. The lowest BCUT2D eigenvalue weighted by molar-refractivity contribution is 0.459. The number of hydrogen-bond acceptors (Lipinski definition) is 2. The molecule has 1 aromatic rings. The van der Waals surface area contributed by atoms with Crippen LogP contribution >= 0.6 is 0 Å². The number of nitrogens with one attached hydrogen (secondary N) is 1. The summed E-state index contributed by atoms with van der Waals surface area (Å²) in [6, 6.07) is 2.83. The van der Waals surface area contributed by atoms with E-state index in [1.807, 2.05) is 0 Å². The van der Waals surface area contributed by atoms with Crippen molar-refractivity contribution in [3.63, 3.8) is 0 Å². The van der Waals surface area contributed by atoms with E-state index in [1.165, 1.54) is 25.0 Å². The van der Waals surface area contributed by atoms with E-state index in [0.717, 1.165) is 31.1 Å². The molecule has 1 heterocycles. The van der Waals surface area contributed by atoms with Gasteiger partial charge < -0.3 is 5.32 Å². The molecule has 1 N–H and O–H groups in total. The van der Waals surface area contributed by atoms with Crippen molar-refractivity contribution in [1.82, 2.24) is 15.1 Å². The fourth-order valence-electron chi connectivity index (χ4n) is 2.42. The summed E-state index contributed by atoms with van der Waals surface area (Å²) in [5.74, 6) is 1.02. The Hall–Kier alpha value is -0.830. The molecule has 17 heavy (non-hydrogen) atoms. The van der Waals surface area contributed by atoms with Crippen LogP contribution in [0.15, 0.2) is 6.07 Å². The summed E-state index contributed by atoms with van der Waals surface area (Å²) in [6.07, 6.45) is 5.44. The smallest absolute Gasteiger partial charge is 0.0596 e. The minimum Gasteiger partial charge on any atom is -0.314 e. The highest BCUT2D eigenvalue weighted by Crippen LogP contribution is 2.33. The molecule has 3 heteroatoms. The third-order valence-corrected chi connectivity index (χ3v) is 3.53. The zero-order valence-corrected chi connectivity index (χ0v) is 11.4. The molecular weight excluding hydrogens is 210 g/mol. The monoisotopic (exact) mass is 235 g/mol. The van der Waals surface area contributed by atoms with Gasteiger partial charge in [0.25, 0.3) is 0 Å². The van der Waals surface area contributed by atoms with Crippen LogP contribution in [0.5, 0.6) is 0 Å². The van der Waals surface area contributed by atoms with Crippen LogP contribution in [0.1, 0.15) is 44.0 Å². The van der Waals surface area contributed by atoms with Crippen molar-refractivity contribution < 1.29 is 0 Å². The van der Waals surface area contributed by atoms with Gasteiger partial charge in [-0.1, -0.05) is 12.8 Å². The lowest BCUT2D eigenvalue weighted by Crippen LogP contribution is -2.28. The highest BCUT2D eigenvalue weighted by atomic mass is 15.3. The first-order chi connectivity index (χ1) is 8.15. The number of aryl methyl sites for hydroxylation is 3. The summed E-state index contributed by atoms with van der Waals surface area (Å²) in [5, 5.41) is 8.08. The lowest BCUT2D eigenvalue weighted by Gasteiger charge is -2.13. The van der Waals surface area contributed by atoms with Gasteiger partial charge in [0.05, 0.1) is 5.69 Å². The van der Waals surface area contributed by atoms with Gasteiger partial charge in [-0.15, -0.1) is 0 Å². The number of nitrogens with zero attached hydrogens (tertiary/aromatic N) is 2. The van der Waals surface area contributed by atoms with Crippen molar-refractivity contribution in [3.05, 3.63) is 17.5 Å². The van der Waals surface area contributed by atoms with Crippen molar-refractivity contribution in [2.24, 2.45) is 5.92 Å². The largest absolute Gasteiger partial charge is 0.314 e. The SMILES string of the molecule is Cc1cc(C)n(CCCNC(C)CC2CC2)n1. The lowest BCUT2D eigenvalue weighted by atomic mass is 10.1. The molecule has 3 nitrogen and oxygen atoms in total. The Morgan fingerprint density at radius 1 is 1.47 bits per heavy atom. The second-order valence-electron chi connectivity index (χ2n) is 5.54. The van der Waals surface area contributed by atoms with Gasteiger partial charge in [-0.3, -0.25) is 4.68 Å². The van der Waals surface area contributed by atoms with E-state index in [2.05, 4.69) is 41.9 Å². The third-order valence-electron chi connectivity index (χ3n) is 3.53. The highest BCUT2D eigenvalue weighted by molar-refractivity contribution is 5.06. The fourth-order valence-corrected chi connectivity index (χ4v) is 2.42.